The van der Waals surface area contributed by atoms with Crippen molar-refractivity contribution in [3.8, 4) is 0 Å². The summed E-state index contributed by atoms with van der Waals surface area (Å²) < 4.78 is 0. The first kappa shape index (κ1) is 16.9. The van der Waals surface area contributed by atoms with Crippen LogP contribution in [0.2, 0.25) is 0 Å². The molecule has 0 radical (unpaired) electrons. The molecular weight excluding hydrogens is 328 g/mol. The summed E-state index contributed by atoms with van der Waals surface area (Å²) in [4.78, 5) is 22.4. The van der Waals surface area contributed by atoms with Gasteiger partial charge in [-0.1, -0.05) is 35.7 Å². The lowest BCUT2D eigenvalue weighted by Crippen LogP contribution is -2.22. The number of hydrogen-bond acceptors (Lipinski definition) is 6. The van der Waals surface area contributed by atoms with Crippen molar-refractivity contribution in [1.29, 1.82) is 0 Å². The first-order valence-electron chi connectivity index (χ1n) is 8.11. The monoisotopic (exact) mass is 350 g/mol. The molecule has 2 aliphatic rings. The number of thioether (sulfide) groups is 2. The number of carbonyl (C=O) groups is 2. The molecule has 2 saturated heterocycles. The molecule has 4 nitrogen and oxygen atoms in total. The van der Waals surface area contributed by atoms with Crippen molar-refractivity contribution in [2.24, 2.45) is 0 Å². The number of rotatable bonds is 7. The third-order valence-corrected chi connectivity index (χ3v) is 6.53. The molecule has 0 aliphatic carbocycles. The fraction of sp³-hybridized carbons (Fsp3) is 0.529. The molecule has 0 aromatic heterocycles. The lowest BCUT2D eigenvalue weighted by atomic mass is 10.2. The first-order chi connectivity index (χ1) is 11.2. The molecule has 2 unspecified atom stereocenters. The van der Waals surface area contributed by atoms with Crippen molar-refractivity contribution in [2.75, 3.05) is 18.4 Å². The van der Waals surface area contributed by atoms with E-state index in [0.717, 1.165) is 44.6 Å². The Kier molecular flexibility index (Phi) is 6.02. The van der Waals surface area contributed by atoms with Crippen LogP contribution in [0, 0.1) is 0 Å². The maximum Gasteiger partial charge on any atom is 0.189 e. The quantitative estimate of drug-likeness (QED) is 0.788. The molecule has 0 spiro atoms. The summed E-state index contributed by atoms with van der Waals surface area (Å²) in [6, 6.07) is 8.42. The minimum absolute atomic E-state index is 0.320. The normalized spacial score (nSPS) is 24.3. The number of hydrogen-bond donors (Lipinski definition) is 2. The highest BCUT2D eigenvalue weighted by Gasteiger charge is 2.23. The number of nitrogens with one attached hydrogen (secondary N) is 2. The first-order valence-corrected chi connectivity index (χ1v) is 9.87. The standard InChI is InChI=1S/C17H22N2O2S2/c20-16-7-5-14(22-16)10-18-9-12-1-3-13(4-2-12)19-11-15-6-8-17(21)23-15/h1-4,14-15,18-19H,5-11H2. The van der Waals surface area contributed by atoms with E-state index < -0.39 is 0 Å². The summed E-state index contributed by atoms with van der Waals surface area (Å²) in [5.41, 5.74) is 2.35. The maximum atomic E-state index is 11.2. The van der Waals surface area contributed by atoms with E-state index in [2.05, 4.69) is 34.9 Å². The maximum absolute atomic E-state index is 11.2. The summed E-state index contributed by atoms with van der Waals surface area (Å²) in [5.74, 6) is 0. The largest absolute Gasteiger partial charge is 0.384 e. The summed E-state index contributed by atoms with van der Waals surface area (Å²) in [6.45, 7) is 2.57. The van der Waals surface area contributed by atoms with Crippen LogP contribution in [0.5, 0.6) is 0 Å². The molecule has 3 rings (SSSR count). The van der Waals surface area contributed by atoms with Crippen LogP contribution in [0.1, 0.15) is 31.2 Å². The van der Waals surface area contributed by atoms with E-state index in [1.54, 1.807) is 0 Å². The third-order valence-electron chi connectivity index (χ3n) is 4.13. The van der Waals surface area contributed by atoms with Gasteiger partial charge in [-0.15, -0.1) is 0 Å². The molecule has 0 saturated carbocycles. The van der Waals surface area contributed by atoms with Gasteiger partial charge in [-0.3, -0.25) is 9.59 Å². The molecule has 2 aliphatic heterocycles. The Hall–Kier alpha value is -0.980. The zero-order valence-corrected chi connectivity index (χ0v) is 14.7. The third kappa shape index (κ3) is 5.26. The van der Waals surface area contributed by atoms with Crippen LogP contribution in [0.15, 0.2) is 24.3 Å². The van der Waals surface area contributed by atoms with E-state index >= 15 is 0 Å². The highest BCUT2D eigenvalue weighted by Crippen LogP contribution is 2.28. The molecule has 2 atom stereocenters. The van der Waals surface area contributed by atoms with Gasteiger partial charge < -0.3 is 10.6 Å². The second-order valence-corrected chi connectivity index (χ2v) is 8.73. The van der Waals surface area contributed by atoms with Crippen LogP contribution in [0.25, 0.3) is 0 Å². The lowest BCUT2D eigenvalue weighted by molar-refractivity contribution is -0.111. The Morgan fingerprint density at radius 1 is 0.913 bits per heavy atom. The molecule has 2 heterocycles. The van der Waals surface area contributed by atoms with Crippen molar-refractivity contribution in [3.63, 3.8) is 0 Å². The van der Waals surface area contributed by atoms with Gasteiger partial charge in [-0.25, -0.2) is 0 Å². The average molecular weight is 351 g/mol. The number of benzene rings is 1. The SMILES string of the molecule is O=C1CCC(CNCc2ccc(NCC3CCC(=O)S3)cc2)S1. The van der Waals surface area contributed by atoms with Gasteiger partial charge in [-0.05, 0) is 30.5 Å². The Labute approximate surface area is 145 Å². The van der Waals surface area contributed by atoms with E-state index in [0.29, 0.717) is 27.2 Å². The van der Waals surface area contributed by atoms with E-state index in [4.69, 9.17) is 0 Å². The molecule has 0 amide bonds. The Morgan fingerprint density at radius 3 is 2.09 bits per heavy atom. The minimum atomic E-state index is 0.320. The van der Waals surface area contributed by atoms with Gasteiger partial charge >= 0.3 is 0 Å². The second kappa shape index (κ2) is 8.22. The molecule has 1 aromatic rings. The van der Waals surface area contributed by atoms with E-state index in [9.17, 15) is 9.59 Å². The molecular formula is C17H22N2O2S2. The van der Waals surface area contributed by atoms with Crippen LogP contribution < -0.4 is 10.6 Å². The van der Waals surface area contributed by atoms with Gasteiger partial charge in [0.1, 0.15) is 0 Å². The van der Waals surface area contributed by atoms with Crippen molar-refractivity contribution < 1.29 is 9.59 Å². The number of anilines is 1. The average Bonchev–Trinajstić information content (AvgIpc) is 3.15. The lowest BCUT2D eigenvalue weighted by Gasteiger charge is -2.12. The van der Waals surface area contributed by atoms with Crippen LogP contribution >= 0.6 is 23.5 Å². The Bertz CT molecular complexity index is 562. The summed E-state index contributed by atoms with van der Waals surface area (Å²) in [5, 5.41) is 8.34. The summed E-state index contributed by atoms with van der Waals surface area (Å²) in [6.07, 6.45) is 3.43. The van der Waals surface area contributed by atoms with Gasteiger partial charge in [0.15, 0.2) is 10.2 Å². The second-order valence-electron chi connectivity index (χ2n) is 6.01. The highest BCUT2D eigenvalue weighted by molar-refractivity contribution is 8.14. The summed E-state index contributed by atoms with van der Waals surface area (Å²) in [7, 11) is 0. The van der Waals surface area contributed by atoms with Crippen LogP contribution in [0.4, 0.5) is 5.69 Å². The molecule has 2 fully saturated rings. The van der Waals surface area contributed by atoms with Crippen molar-refractivity contribution in [1.82, 2.24) is 5.32 Å². The molecule has 124 valence electrons. The molecule has 6 heteroatoms. The Balaban J connectivity index is 1.36. The Morgan fingerprint density at radius 2 is 1.52 bits per heavy atom. The van der Waals surface area contributed by atoms with E-state index in [1.807, 2.05) is 0 Å². The van der Waals surface area contributed by atoms with E-state index in [1.165, 1.54) is 29.1 Å². The fourth-order valence-corrected chi connectivity index (χ4v) is 4.86. The van der Waals surface area contributed by atoms with Gasteiger partial charge in [0.05, 0.1) is 0 Å². The van der Waals surface area contributed by atoms with Gasteiger partial charge in [0.2, 0.25) is 0 Å². The van der Waals surface area contributed by atoms with Crippen LogP contribution in [0.3, 0.4) is 0 Å². The molecule has 23 heavy (non-hydrogen) atoms. The predicted octanol–water partition coefficient (Wildman–Crippen LogP) is 3.03. The number of carbonyl (C=O) groups excluding carboxylic acids is 2. The van der Waals surface area contributed by atoms with Crippen molar-refractivity contribution in [2.45, 2.75) is 42.7 Å². The van der Waals surface area contributed by atoms with E-state index in [-0.39, 0.29) is 0 Å². The molecule has 1 aromatic carbocycles. The van der Waals surface area contributed by atoms with Crippen LogP contribution in [-0.2, 0) is 16.1 Å². The zero-order chi connectivity index (χ0) is 16.1. The van der Waals surface area contributed by atoms with Gasteiger partial charge in [0.25, 0.3) is 0 Å². The fourth-order valence-electron chi connectivity index (χ4n) is 2.80. The topological polar surface area (TPSA) is 58.2 Å². The molecule has 0 bridgehead atoms. The van der Waals surface area contributed by atoms with Crippen molar-refractivity contribution in [3.05, 3.63) is 29.8 Å². The smallest absolute Gasteiger partial charge is 0.189 e. The summed E-state index contributed by atoms with van der Waals surface area (Å²) >= 11 is 2.96. The minimum Gasteiger partial charge on any atom is -0.384 e. The van der Waals surface area contributed by atoms with Crippen LogP contribution in [-0.4, -0.2) is 33.8 Å². The van der Waals surface area contributed by atoms with Gasteiger partial charge in [0, 0.05) is 48.7 Å². The van der Waals surface area contributed by atoms with Crippen molar-refractivity contribution >= 4 is 39.4 Å². The zero-order valence-electron chi connectivity index (χ0n) is 13.0. The highest BCUT2D eigenvalue weighted by atomic mass is 32.2. The molecule has 2 N–H and O–H groups in total. The predicted molar refractivity (Wildman–Crippen MR) is 97.9 cm³/mol. The van der Waals surface area contributed by atoms with Gasteiger partial charge in [-0.2, -0.15) is 0 Å².